The van der Waals surface area contributed by atoms with E-state index in [0.29, 0.717) is 37.4 Å². The molecule has 42 heavy (non-hydrogen) atoms. The maximum Gasteiger partial charge on any atom is 0.272 e. The van der Waals surface area contributed by atoms with Crippen LogP contribution in [0.5, 0.6) is 0 Å². The molecule has 4 aromatic rings. The third-order valence-electron chi connectivity index (χ3n) is 5.75. The van der Waals surface area contributed by atoms with Crippen LogP contribution in [0.4, 0.5) is 11.4 Å². The smallest absolute Gasteiger partial charge is 0.272 e. The number of benzene rings is 4. The Morgan fingerprint density at radius 3 is 2.17 bits per heavy atom. The number of hydrogen-bond acceptors (Lipinski definition) is 5. The number of carbonyl (C=O) groups excluding carboxylic acids is 4. The SMILES string of the molecule is NC(=O)c1ccccc1NC(=O)CSc1cccc(NC(=O)/C(=C\c2c(Cl)cccc2Cl)NC(=O)c2ccccc2)c1. The minimum absolute atomic E-state index is 0.0355. The van der Waals surface area contributed by atoms with Gasteiger partial charge in [0.25, 0.3) is 17.7 Å². The molecule has 4 amide bonds. The summed E-state index contributed by atoms with van der Waals surface area (Å²) in [6.45, 7) is 0. The zero-order chi connectivity index (χ0) is 30.1. The zero-order valence-electron chi connectivity index (χ0n) is 21.9. The van der Waals surface area contributed by atoms with E-state index in [0.717, 1.165) is 0 Å². The van der Waals surface area contributed by atoms with Gasteiger partial charge in [-0.2, -0.15) is 0 Å². The molecule has 0 atom stereocenters. The molecule has 0 saturated carbocycles. The summed E-state index contributed by atoms with van der Waals surface area (Å²) < 4.78 is 0. The molecule has 4 rings (SSSR count). The van der Waals surface area contributed by atoms with Gasteiger partial charge in [-0.05, 0) is 60.7 Å². The van der Waals surface area contributed by atoms with Gasteiger partial charge in [-0.1, -0.05) is 65.7 Å². The first-order valence-corrected chi connectivity index (χ1v) is 14.2. The quantitative estimate of drug-likeness (QED) is 0.124. The lowest BCUT2D eigenvalue weighted by molar-refractivity contribution is -0.114. The van der Waals surface area contributed by atoms with Gasteiger partial charge in [-0.25, -0.2) is 0 Å². The lowest BCUT2D eigenvalue weighted by Crippen LogP contribution is -2.30. The van der Waals surface area contributed by atoms with E-state index < -0.39 is 17.7 Å². The molecule has 0 spiro atoms. The first-order valence-electron chi connectivity index (χ1n) is 12.5. The fraction of sp³-hybridized carbons (Fsp3) is 0.0323. The van der Waals surface area contributed by atoms with Crippen LogP contribution in [-0.4, -0.2) is 29.4 Å². The summed E-state index contributed by atoms with van der Waals surface area (Å²) in [6.07, 6.45) is 1.41. The van der Waals surface area contributed by atoms with Crippen LogP contribution in [0, 0.1) is 0 Å². The number of nitrogens with two attached hydrogens (primary N) is 1. The van der Waals surface area contributed by atoms with E-state index in [1.54, 1.807) is 91.0 Å². The maximum absolute atomic E-state index is 13.4. The van der Waals surface area contributed by atoms with E-state index in [9.17, 15) is 19.2 Å². The van der Waals surface area contributed by atoms with Gasteiger partial charge in [-0.3, -0.25) is 19.2 Å². The molecule has 8 nitrogen and oxygen atoms in total. The second-order valence-electron chi connectivity index (χ2n) is 8.74. The van der Waals surface area contributed by atoms with E-state index in [1.165, 1.54) is 23.9 Å². The molecule has 4 aromatic carbocycles. The van der Waals surface area contributed by atoms with Crippen molar-refractivity contribution in [2.75, 3.05) is 16.4 Å². The van der Waals surface area contributed by atoms with Crippen LogP contribution in [0.2, 0.25) is 10.0 Å². The summed E-state index contributed by atoms with van der Waals surface area (Å²) in [5.41, 5.74) is 6.99. The first-order chi connectivity index (χ1) is 20.2. The van der Waals surface area contributed by atoms with E-state index in [1.807, 2.05) is 0 Å². The number of hydrogen-bond donors (Lipinski definition) is 4. The van der Waals surface area contributed by atoms with Crippen LogP contribution in [0.3, 0.4) is 0 Å². The summed E-state index contributed by atoms with van der Waals surface area (Å²) in [5.74, 6) is -2.05. The van der Waals surface area contributed by atoms with Gasteiger partial charge >= 0.3 is 0 Å². The Morgan fingerprint density at radius 2 is 1.45 bits per heavy atom. The predicted molar refractivity (Wildman–Crippen MR) is 168 cm³/mol. The fourth-order valence-electron chi connectivity index (χ4n) is 3.74. The van der Waals surface area contributed by atoms with Crippen molar-refractivity contribution in [3.63, 3.8) is 0 Å². The molecular weight excluding hydrogens is 595 g/mol. The van der Waals surface area contributed by atoms with E-state index in [4.69, 9.17) is 28.9 Å². The van der Waals surface area contributed by atoms with Crippen molar-refractivity contribution < 1.29 is 19.2 Å². The molecule has 0 heterocycles. The number of rotatable bonds is 10. The number of thioether (sulfide) groups is 1. The first kappa shape index (κ1) is 30.4. The highest BCUT2D eigenvalue weighted by Gasteiger charge is 2.17. The standard InChI is InChI=1S/C31H24Cl2N4O4S/c32-24-13-7-14-25(33)23(24)17-27(37-30(40)19-8-2-1-3-9-19)31(41)35-20-10-6-11-21(16-20)42-18-28(38)36-26-15-5-4-12-22(26)29(34)39/h1-17H,18H2,(H2,34,39)(H,35,41)(H,36,38)(H,37,40)/b27-17+. The highest BCUT2D eigenvalue weighted by molar-refractivity contribution is 8.00. The van der Waals surface area contributed by atoms with E-state index in [-0.39, 0.29) is 22.9 Å². The Hall–Kier alpha value is -4.57. The van der Waals surface area contributed by atoms with Crippen LogP contribution in [0.15, 0.2) is 108 Å². The number of halogens is 2. The molecule has 212 valence electrons. The molecule has 0 radical (unpaired) electrons. The van der Waals surface area contributed by atoms with Gasteiger partial charge < -0.3 is 21.7 Å². The molecule has 0 aromatic heterocycles. The van der Waals surface area contributed by atoms with Crippen molar-refractivity contribution in [2.45, 2.75) is 4.90 Å². The highest BCUT2D eigenvalue weighted by atomic mass is 35.5. The van der Waals surface area contributed by atoms with Gasteiger partial charge in [0.1, 0.15) is 5.70 Å². The predicted octanol–water partition coefficient (Wildman–Crippen LogP) is 6.23. The second kappa shape index (κ2) is 14.4. The Bertz CT molecular complexity index is 1660. The minimum atomic E-state index is -0.646. The van der Waals surface area contributed by atoms with Gasteiger partial charge in [0.05, 0.1) is 17.0 Å². The molecule has 0 aliphatic carbocycles. The summed E-state index contributed by atoms with van der Waals surface area (Å²) >= 11 is 13.9. The van der Waals surface area contributed by atoms with Crippen molar-refractivity contribution in [3.05, 3.63) is 129 Å². The lowest BCUT2D eigenvalue weighted by Gasteiger charge is -2.13. The van der Waals surface area contributed by atoms with E-state index >= 15 is 0 Å². The molecule has 0 aliphatic heterocycles. The van der Waals surface area contributed by atoms with Crippen molar-refractivity contribution in [1.29, 1.82) is 0 Å². The summed E-state index contributed by atoms with van der Waals surface area (Å²) in [7, 11) is 0. The number of amides is 4. The minimum Gasteiger partial charge on any atom is -0.366 e. The number of carbonyl (C=O) groups is 4. The Morgan fingerprint density at radius 1 is 0.786 bits per heavy atom. The van der Waals surface area contributed by atoms with Gasteiger partial charge in [-0.15, -0.1) is 11.8 Å². The number of nitrogens with one attached hydrogen (secondary N) is 3. The van der Waals surface area contributed by atoms with Crippen molar-refractivity contribution in [3.8, 4) is 0 Å². The van der Waals surface area contributed by atoms with Crippen molar-refractivity contribution in [1.82, 2.24) is 5.32 Å². The lowest BCUT2D eigenvalue weighted by atomic mass is 10.1. The van der Waals surface area contributed by atoms with Gasteiger partial charge in [0.2, 0.25) is 5.91 Å². The third kappa shape index (κ3) is 8.23. The second-order valence-corrected chi connectivity index (χ2v) is 10.6. The number of para-hydroxylation sites is 1. The number of primary amides is 1. The Balaban J connectivity index is 1.48. The molecule has 5 N–H and O–H groups in total. The molecule has 11 heteroatoms. The molecule has 0 bridgehead atoms. The van der Waals surface area contributed by atoms with Crippen LogP contribution in [0.25, 0.3) is 6.08 Å². The van der Waals surface area contributed by atoms with Crippen LogP contribution in [-0.2, 0) is 9.59 Å². The van der Waals surface area contributed by atoms with Crippen molar-refractivity contribution in [2.24, 2.45) is 5.73 Å². The average molecular weight is 620 g/mol. The summed E-state index contributed by atoms with van der Waals surface area (Å²) in [4.78, 5) is 51.1. The fourth-order valence-corrected chi connectivity index (χ4v) is 5.00. The topological polar surface area (TPSA) is 130 Å². The molecule has 0 saturated heterocycles. The highest BCUT2D eigenvalue weighted by Crippen LogP contribution is 2.27. The number of anilines is 2. The summed E-state index contributed by atoms with van der Waals surface area (Å²) in [6, 6.07) is 26.7. The molecule has 0 aliphatic rings. The van der Waals surface area contributed by atoms with Crippen LogP contribution < -0.4 is 21.7 Å². The van der Waals surface area contributed by atoms with Gasteiger partial charge in [0, 0.05) is 31.8 Å². The van der Waals surface area contributed by atoms with Crippen LogP contribution in [0.1, 0.15) is 26.3 Å². The maximum atomic E-state index is 13.4. The average Bonchev–Trinajstić information content (AvgIpc) is 2.98. The zero-order valence-corrected chi connectivity index (χ0v) is 24.2. The summed E-state index contributed by atoms with van der Waals surface area (Å²) in [5, 5.41) is 8.71. The third-order valence-corrected chi connectivity index (χ3v) is 7.40. The normalized spacial score (nSPS) is 11.0. The molecule has 0 unspecified atom stereocenters. The molecular formula is C31H24Cl2N4O4S. The Kier molecular flexibility index (Phi) is 10.4. The molecule has 0 fully saturated rings. The van der Waals surface area contributed by atoms with Crippen molar-refractivity contribution >= 4 is 76.0 Å². The Labute approximate surface area is 256 Å². The largest absolute Gasteiger partial charge is 0.366 e. The van der Waals surface area contributed by atoms with Crippen LogP contribution >= 0.6 is 35.0 Å². The monoisotopic (exact) mass is 618 g/mol. The van der Waals surface area contributed by atoms with Gasteiger partial charge in [0.15, 0.2) is 0 Å². The van der Waals surface area contributed by atoms with E-state index in [2.05, 4.69) is 16.0 Å².